The Kier molecular flexibility index (Phi) is 7.43. The third-order valence-electron chi connectivity index (χ3n) is 4.13. The zero-order valence-electron chi connectivity index (χ0n) is 15.3. The van der Waals surface area contributed by atoms with Crippen molar-refractivity contribution in [1.82, 2.24) is 10.6 Å². The average molecular weight is 375 g/mol. The van der Waals surface area contributed by atoms with E-state index in [4.69, 9.17) is 0 Å². The highest BCUT2D eigenvalue weighted by Crippen LogP contribution is 2.16. The monoisotopic (exact) mass is 375 g/mol. The molecule has 0 radical (unpaired) electrons. The second-order valence-corrected chi connectivity index (χ2v) is 6.11. The number of amides is 2. The molecule has 2 rings (SSSR count). The number of nitrogens with one attached hydrogen (secondary N) is 3. The number of para-hydroxylation sites is 1. The van der Waals surface area contributed by atoms with Crippen LogP contribution in [0.4, 0.5) is 14.5 Å². The van der Waals surface area contributed by atoms with Gasteiger partial charge in [0.05, 0.1) is 13.1 Å². The van der Waals surface area contributed by atoms with Gasteiger partial charge < -0.3 is 16.0 Å². The Balaban J connectivity index is 1.77. The highest BCUT2D eigenvalue weighted by molar-refractivity contribution is 5.95. The van der Waals surface area contributed by atoms with Crippen molar-refractivity contribution in [3.63, 3.8) is 0 Å². The molecule has 0 saturated carbocycles. The maximum Gasteiger partial charge on any atom is 0.243 e. The molecule has 144 valence electrons. The molecule has 0 aliphatic carbocycles. The summed E-state index contributed by atoms with van der Waals surface area (Å²) in [5.74, 6) is -2.55. The number of carbonyl (C=O) groups is 2. The van der Waals surface area contributed by atoms with Crippen LogP contribution in [0.5, 0.6) is 0 Å². The highest BCUT2D eigenvalue weighted by Gasteiger charge is 2.12. The minimum absolute atomic E-state index is 0.0566. The van der Waals surface area contributed by atoms with Crippen molar-refractivity contribution in [3.05, 3.63) is 65.2 Å². The van der Waals surface area contributed by atoms with Crippen LogP contribution in [0.1, 0.15) is 31.0 Å². The number of hydrogen-bond acceptors (Lipinski definition) is 3. The summed E-state index contributed by atoms with van der Waals surface area (Å²) in [4.78, 5) is 23.9. The third kappa shape index (κ3) is 6.14. The van der Waals surface area contributed by atoms with Gasteiger partial charge in [-0.25, -0.2) is 8.78 Å². The van der Waals surface area contributed by atoms with Gasteiger partial charge >= 0.3 is 0 Å². The van der Waals surface area contributed by atoms with E-state index >= 15 is 0 Å². The molecule has 7 heteroatoms. The van der Waals surface area contributed by atoms with E-state index in [-0.39, 0.29) is 30.9 Å². The molecule has 0 bridgehead atoms. The number of benzene rings is 2. The standard InChI is InChI=1S/C20H23F2N3O2/c1-3-14-6-4-5-7-18(14)25-20(27)12-24-19(26)11-23-13(2)15-8-9-16(21)17(22)10-15/h4-10,13,23H,3,11-12H2,1-2H3,(H,24,26)(H,25,27)/t13-/m0/s1. The predicted octanol–water partition coefficient (Wildman–Crippen LogP) is 2.93. The summed E-state index contributed by atoms with van der Waals surface area (Å²) in [6.45, 7) is 3.51. The van der Waals surface area contributed by atoms with Crippen LogP contribution in [-0.4, -0.2) is 24.9 Å². The summed E-state index contributed by atoms with van der Waals surface area (Å²) < 4.78 is 26.2. The Hall–Kier alpha value is -2.80. The van der Waals surface area contributed by atoms with Crippen LogP contribution < -0.4 is 16.0 Å². The first-order valence-electron chi connectivity index (χ1n) is 8.73. The molecule has 2 amide bonds. The van der Waals surface area contributed by atoms with Gasteiger partial charge in [-0.1, -0.05) is 31.2 Å². The fourth-order valence-corrected chi connectivity index (χ4v) is 2.53. The fraction of sp³-hybridized carbons (Fsp3) is 0.300. The Morgan fingerprint density at radius 2 is 1.74 bits per heavy atom. The molecule has 2 aromatic rings. The number of halogens is 2. The normalized spacial score (nSPS) is 11.7. The van der Waals surface area contributed by atoms with Crippen LogP contribution >= 0.6 is 0 Å². The maximum atomic E-state index is 13.3. The molecule has 5 nitrogen and oxygen atoms in total. The summed E-state index contributed by atoms with van der Waals surface area (Å²) in [7, 11) is 0. The van der Waals surface area contributed by atoms with E-state index in [1.807, 2.05) is 31.2 Å². The lowest BCUT2D eigenvalue weighted by atomic mass is 10.1. The van der Waals surface area contributed by atoms with E-state index in [0.717, 1.165) is 29.8 Å². The largest absolute Gasteiger partial charge is 0.346 e. The number of aryl methyl sites for hydroxylation is 1. The summed E-state index contributed by atoms with van der Waals surface area (Å²) >= 11 is 0. The molecular weight excluding hydrogens is 352 g/mol. The third-order valence-corrected chi connectivity index (χ3v) is 4.13. The van der Waals surface area contributed by atoms with E-state index < -0.39 is 11.6 Å². The second kappa shape index (κ2) is 9.78. The van der Waals surface area contributed by atoms with Crippen molar-refractivity contribution in [1.29, 1.82) is 0 Å². The summed E-state index contributed by atoms with van der Waals surface area (Å²) in [5, 5.41) is 8.19. The van der Waals surface area contributed by atoms with Crippen LogP contribution in [0.25, 0.3) is 0 Å². The van der Waals surface area contributed by atoms with Crippen LogP contribution in [0, 0.1) is 11.6 Å². The second-order valence-electron chi connectivity index (χ2n) is 6.11. The van der Waals surface area contributed by atoms with Crippen molar-refractivity contribution in [3.8, 4) is 0 Å². The topological polar surface area (TPSA) is 70.2 Å². The van der Waals surface area contributed by atoms with Crippen molar-refractivity contribution in [2.24, 2.45) is 0 Å². The van der Waals surface area contributed by atoms with Crippen LogP contribution in [0.15, 0.2) is 42.5 Å². The highest BCUT2D eigenvalue weighted by atomic mass is 19.2. The summed E-state index contributed by atoms with van der Waals surface area (Å²) in [6.07, 6.45) is 0.786. The molecule has 1 atom stereocenters. The number of rotatable bonds is 8. The van der Waals surface area contributed by atoms with Crippen molar-refractivity contribution < 1.29 is 18.4 Å². The quantitative estimate of drug-likeness (QED) is 0.664. The lowest BCUT2D eigenvalue weighted by Crippen LogP contribution is -2.39. The number of anilines is 1. The van der Waals surface area contributed by atoms with Crippen molar-refractivity contribution in [2.75, 3.05) is 18.4 Å². The zero-order chi connectivity index (χ0) is 19.8. The molecule has 0 spiro atoms. The van der Waals surface area contributed by atoms with Crippen LogP contribution in [-0.2, 0) is 16.0 Å². The van der Waals surface area contributed by atoms with Crippen molar-refractivity contribution in [2.45, 2.75) is 26.3 Å². The SMILES string of the molecule is CCc1ccccc1NC(=O)CNC(=O)CN[C@@H](C)c1ccc(F)c(F)c1. The molecule has 0 fully saturated rings. The lowest BCUT2D eigenvalue weighted by molar-refractivity contribution is -0.123. The Labute approximate surface area is 157 Å². The minimum atomic E-state index is -0.936. The number of hydrogen-bond donors (Lipinski definition) is 3. The van der Waals surface area contributed by atoms with E-state index in [2.05, 4.69) is 16.0 Å². The van der Waals surface area contributed by atoms with E-state index in [1.54, 1.807) is 6.92 Å². The molecule has 0 aliphatic rings. The molecule has 2 aromatic carbocycles. The first-order chi connectivity index (χ1) is 12.9. The molecule has 0 saturated heterocycles. The van der Waals surface area contributed by atoms with Gasteiger partial charge in [0, 0.05) is 11.7 Å². The first kappa shape index (κ1) is 20.5. The van der Waals surface area contributed by atoms with Gasteiger partial charge in [-0.15, -0.1) is 0 Å². The van der Waals surface area contributed by atoms with Gasteiger partial charge in [-0.2, -0.15) is 0 Å². The van der Waals surface area contributed by atoms with E-state index in [1.165, 1.54) is 6.07 Å². The number of carbonyl (C=O) groups excluding carboxylic acids is 2. The Bertz CT molecular complexity index is 812. The summed E-state index contributed by atoms with van der Waals surface area (Å²) in [6, 6.07) is 10.7. The molecule has 0 aromatic heterocycles. The van der Waals surface area contributed by atoms with Gasteiger partial charge in [0.1, 0.15) is 0 Å². The molecular formula is C20H23F2N3O2. The van der Waals surface area contributed by atoms with Crippen LogP contribution in [0.3, 0.4) is 0 Å². The first-order valence-corrected chi connectivity index (χ1v) is 8.73. The zero-order valence-corrected chi connectivity index (χ0v) is 15.3. The molecule has 3 N–H and O–H groups in total. The molecule has 0 aliphatic heterocycles. The minimum Gasteiger partial charge on any atom is -0.346 e. The van der Waals surface area contributed by atoms with Gasteiger partial charge in [0.25, 0.3) is 0 Å². The lowest BCUT2D eigenvalue weighted by Gasteiger charge is -2.14. The maximum absolute atomic E-state index is 13.3. The predicted molar refractivity (Wildman–Crippen MR) is 100 cm³/mol. The van der Waals surface area contributed by atoms with E-state index in [9.17, 15) is 18.4 Å². The average Bonchev–Trinajstić information content (AvgIpc) is 2.67. The van der Waals surface area contributed by atoms with E-state index in [0.29, 0.717) is 5.56 Å². The fourth-order valence-electron chi connectivity index (χ4n) is 2.53. The van der Waals surface area contributed by atoms with Gasteiger partial charge in [-0.05, 0) is 42.7 Å². The van der Waals surface area contributed by atoms with Crippen LogP contribution in [0.2, 0.25) is 0 Å². The van der Waals surface area contributed by atoms with Gasteiger partial charge in [-0.3, -0.25) is 9.59 Å². The molecule has 0 unspecified atom stereocenters. The Morgan fingerprint density at radius 3 is 2.44 bits per heavy atom. The molecule has 0 heterocycles. The summed E-state index contributed by atoms with van der Waals surface area (Å²) in [5.41, 5.74) is 2.26. The van der Waals surface area contributed by atoms with Gasteiger partial charge in [0.15, 0.2) is 11.6 Å². The smallest absolute Gasteiger partial charge is 0.243 e. The van der Waals surface area contributed by atoms with Crippen molar-refractivity contribution >= 4 is 17.5 Å². The molecule has 27 heavy (non-hydrogen) atoms. The van der Waals surface area contributed by atoms with Gasteiger partial charge in [0.2, 0.25) is 11.8 Å². The Morgan fingerprint density at radius 1 is 1.00 bits per heavy atom.